The van der Waals surface area contributed by atoms with Crippen LogP contribution in [-0.2, 0) is 15.7 Å². The molecule has 9 heteroatoms. The Morgan fingerprint density at radius 1 is 1.23 bits per heavy atom. The SMILES string of the molecule is CCCC1=NC(O)NC(c2ccc(-c3ccccc3C(F)(F)F)o2)C1C(=O)OCC. The minimum Gasteiger partial charge on any atom is -0.465 e. The third-order valence-corrected chi connectivity index (χ3v) is 4.79. The van der Waals surface area contributed by atoms with Crippen LogP contribution >= 0.6 is 0 Å². The van der Waals surface area contributed by atoms with Gasteiger partial charge in [0.2, 0.25) is 6.35 Å². The summed E-state index contributed by atoms with van der Waals surface area (Å²) >= 11 is 0. The van der Waals surface area contributed by atoms with Gasteiger partial charge < -0.3 is 14.3 Å². The summed E-state index contributed by atoms with van der Waals surface area (Å²) in [5.41, 5.74) is -0.471. The number of esters is 1. The molecule has 3 unspecified atom stereocenters. The Labute approximate surface area is 171 Å². The number of rotatable bonds is 6. The number of carbonyl (C=O) groups excluding carboxylic acids is 1. The first-order chi connectivity index (χ1) is 14.3. The molecule has 0 amide bonds. The molecule has 2 aromatic rings. The lowest BCUT2D eigenvalue weighted by atomic mass is 9.88. The summed E-state index contributed by atoms with van der Waals surface area (Å²) in [5.74, 6) is -1.17. The van der Waals surface area contributed by atoms with E-state index >= 15 is 0 Å². The molecule has 30 heavy (non-hydrogen) atoms. The smallest absolute Gasteiger partial charge is 0.417 e. The van der Waals surface area contributed by atoms with Crippen LogP contribution in [0.4, 0.5) is 13.2 Å². The van der Waals surface area contributed by atoms with Crippen molar-refractivity contribution in [3.05, 3.63) is 47.7 Å². The third kappa shape index (κ3) is 4.57. The summed E-state index contributed by atoms with van der Waals surface area (Å²) in [6.45, 7) is 3.74. The van der Waals surface area contributed by atoms with Gasteiger partial charge in [-0.1, -0.05) is 31.5 Å². The molecule has 1 aromatic heterocycles. The van der Waals surface area contributed by atoms with Crippen molar-refractivity contribution in [1.29, 1.82) is 0 Å². The molecule has 1 aliphatic rings. The molecule has 0 saturated heterocycles. The van der Waals surface area contributed by atoms with E-state index in [9.17, 15) is 23.1 Å². The van der Waals surface area contributed by atoms with Crippen LogP contribution in [0, 0.1) is 5.92 Å². The fourth-order valence-electron chi connectivity index (χ4n) is 3.56. The van der Waals surface area contributed by atoms with Crippen molar-refractivity contribution in [1.82, 2.24) is 5.32 Å². The molecular formula is C21H23F3N2O4. The van der Waals surface area contributed by atoms with Gasteiger partial charge in [-0.15, -0.1) is 0 Å². The number of aliphatic imine (C=N–C) groups is 1. The van der Waals surface area contributed by atoms with Crippen LogP contribution in [0.15, 0.2) is 45.8 Å². The first-order valence-corrected chi connectivity index (χ1v) is 9.69. The van der Waals surface area contributed by atoms with Crippen LogP contribution in [0.25, 0.3) is 11.3 Å². The van der Waals surface area contributed by atoms with Crippen molar-refractivity contribution in [2.45, 2.75) is 45.3 Å². The molecule has 2 heterocycles. The van der Waals surface area contributed by atoms with Crippen molar-refractivity contribution in [3.63, 3.8) is 0 Å². The molecule has 6 nitrogen and oxygen atoms in total. The molecule has 0 radical (unpaired) electrons. The van der Waals surface area contributed by atoms with Gasteiger partial charge in [0, 0.05) is 11.3 Å². The molecule has 0 bridgehead atoms. The highest BCUT2D eigenvalue weighted by molar-refractivity contribution is 6.03. The monoisotopic (exact) mass is 424 g/mol. The van der Waals surface area contributed by atoms with Gasteiger partial charge in [0.25, 0.3) is 0 Å². The summed E-state index contributed by atoms with van der Waals surface area (Å²) in [6.07, 6.45) is -4.66. The van der Waals surface area contributed by atoms with Crippen molar-refractivity contribution in [3.8, 4) is 11.3 Å². The largest absolute Gasteiger partial charge is 0.465 e. The number of hydrogen-bond acceptors (Lipinski definition) is 6. The molecule has 3 rings (SSSR count). The van der Waals surface area contributed by atoms with Gasteiger partial charge in [0.05, 0.1) is 18.2 Å². The number of halogens is 3. The Morgan fingerprint density at radius 2 is 1.97 bits per heavy atom. The second-order valence-corrected chi connectivity index (χ2v) is 6.86. The maximum absolute atomic E-state index is 13.4. The molecule has 2 N–H and O–H groups in total. The lowest BCUT2D eigenvalue weighted by molar-refractivity contribution is -0.147. The highest BCUT2D eigenvalue weighted by atomic mass is 19.4. The van der Waals surface area contributed by atoms with Gasteiger partial charge in [-0.2, -0.15) is 13.2 Å². The standard InChI is InChI=1S/C21H23F3N2O4/c1-3-7-14-17(19(27)29-4-2)18(26-20(28)25-14)16-11-10-15(30-16)12-8-5-6-9-13(12)21(22,23)24/h5-6,8-11,17-18,20,26,28H,3-4,7H2,1-2H3. The Hall–Kier alpha value is -2.65. The molecule has 3 atom stereocenters. The predicted molar refractivity (Wildman–Crippen MR) is 103 cm³/mol. The van der Waals surface area contributed by atoms with Crippen molar-refractivity contribution in [2.24, 2.45) is 10.9 Å². The maximum atomic E-state index is 13.4. The van der Waals surface area contributed by atoms with Gasteiger partial charge >= 0.3 is 12.1 Å². The van der Waals surface area contributed by atoms with Gasteiger partial charge in [-0.3, -0.25) is 10.1 Å². The van der Waals surface area contributed by atoms with Gasteiger partial charge in [-0.25, -0.2) is 4.99 Å². The number of aliphatic hydroxyl groups is 1. The van der Waals surface area contributed by atoms with Gasteiger partial charge in [0.15, 0.2) is 0 Å². The predicted octanol–water partition coefficient (Wildman–Crippen LogP) is 4.31. The number of benzene rings is 1. The number of nitrogens with one attached hydrogen (secondary N) is 1. The Bertz CT molecular complexity index is 923. The summed E-state index contributed by atoms with van der Waals surface area (Å²) < 4.78 is 51.0. The molecule has 0 saturated carbocycles. The summed E-state index contributed by atoms with van der Waals surface area (Å²) in [4.78, 5) is 16.7. The molecular weight excluding hydrogens is 401 g/mol. The van der Waals surface area contributed by atoms with Crippen LogP contribution in [0.2, 0.25) is 0 Å². The molecule has 1 aliphatic heterocycles. The molecule has 0 aliphatic carbocycles. The summed E-state index contributed by atoms with van der Waals surface area (Å²) in [5, 5.41) is 12.9. The first kappa shape index (κ1) is 22.0. The topological polar surface area (TPSA) is 84.1 Å². The number of nitrogens with zero attached hydrogens (tertiary/aromatic N) is 1. The van der Waals surface area contributed by atoms with Crippen molar-refractivity contribution >= 4 is 11.7 Å². The van der Waals surface area contributed by atoms with E-state index in [1.54, 1.807) is 6.92 Å². The maximum Gasteiger partial charge on any atom is 0.417 e. The van der Waals surface area contributed by atoms with E-state index in [0.717, 1.165) is 6.07 Å². The zero-order valence-corrected chi connectivity index (χ0v) is 16.6. The lowest BCUT2D eigenvalue weighted by Crippen LogP contribution is -2.47. The highest BCUT2D eigenvalue weighted by Crippen LogP contribution is 2.39. The highest BCUT2D eigenvalue weighted by Gasteiger charge is 2.41. The number of ether oxygens (including phenoxy) is 1. The molecule has 162 valence electrons. The van der Waals surface area contributed by atoms with Gasteiger partial charge in [-0.05, 0) is 31.5 Å². The molecule has 0 fully saturated rings. The Morgan fingerprint density at radius 3 is 2.63 bits per heavy atom. The number of aliphatic hydroxyl groups excluding tert-OH is 1. The van der Waals surface area contributed by atoms with Crippen LogP contribution in [0.3, 0.4) is 0 Å². The van der Waals surface area contributed by atoms with E-state index in [1.807, 2.05) is 6.92 Å². The Kier molecular flexibility index (Phi) is 6.62. The van der Waals surface area contributed by atoms with E-state index in [0.29, 0.717) is 18.6 Å². The molecule has 1 aromatic carbocycles. The zero-order valence-electron chi connectivity index (χ0n) is 16.6. The van der Waals surface area contributed by atoms with Crippen LogP contribution < -0.4 is 5.32 Å². The normalized spacial score (nSPS) is 21.9. The fourth-order valence-corrected chi connectivity index (χ4v) is 3.56. The van der Waals surface area contributed by atoms with Crippen LogP contribution in [0.1, 0.15) is 44.1 Å². The average molecular weight is 424 g/mol. The summed E-state index contributed by atoms with van der Waals surface area (Å²) in [7, 11) is 0. The second-order valence-electron chi connectivity index (χ2n) is 6.86. The van der Waals surface area contributed by atoms with Crippen molar-refractivity contribution in [2.75, 3.05) is 6.61 Å². The second kappa shape index (κ2) is 9.01. The van der Waals surface area contributed by atoms with Gasteiger partial charge in [0.1, 0.15) is 17.4 Å². The minimum atomic E-state index is -4.54. The lowest BCUT2D eigenvalue weighted by Gasteiger charge is -2.32. The summed E-state index contributed by atoms with van der Waals surface area (Å²) in [6, 6.07) is 7.18. The van der Waals surface area contributed by atoms with E-state index in [1.165, 1.54) is 30.3 Å². The zero-order chi connectivity index (χ0) is 21.9. The first-order valence-electron chi connectivity index (χ1n) is 9.69. The van der Waals surface area contributed by atoms with Crippen LogP contribution in [-0.4, -0.2) is 29.7 Å². The average Bonchev–Trinajstić information content (AvgIpc) is 3.17. The molecule has 0 spiro atoms. The van der Waals surface area contributed by atoms with Crippen LogP contribution in [0.5, 0.6) is 0 Å². The van der Waals surface area contributed by atoms with E-state index in [4.69, 9.17) is 9.15 Å². The fraction of sp³-hybridized carbons (Fsp3) is 0.429. The third-order valence-electron chi connectivity index (χ3n) is 4.79. The van der Waals surface area contributed by atoms with Crippen molar-refractivity contribution < 1.29 is 32.2 Å². The number of alkyl halides is 3. The Balaban J connectivity index is 2.01. The quantitative estimate of drug-likeness (QED) is 0.676. The number of carbonyl (C=O) groups is 1. The van der Waals surface area contributed by atoms with E-state index in [2.05, 4.69) is 10.3 Å². The number of hydrogen-bond donors (Lipinski definition) is 2. The van der Waals surface area contributed by atoms with E-state index < -0.39 is 36.0 Å². The number of furan rings is 1. The van der Waals surface area contributed by atoms with E-state index in [-0.39, 0.29) is 23.7 Å². The minimum absolute atomic E-state index is 0.0105.